The van der Waals surface area contributed by atoms with Crippen molar-refractivity contribution in [2.24, 2.45) is 5.10 Å². The minimum absolute atomic E-state index is 0.0911. The number of ether oxygens (including phenoxy) is 2. The van der Waals surface area contributed by atoms with E-state index in [1.165, 1.54) is 13.3 Å². The first-order valence-corrected chi connectivity index (χ1v) is 11.4. The van der Waals surface area contributed by atoms with Crippen LogP contribution in [0.2, 0.25) is 0 Å². The molecular weight excluding hydrogens is 539 g/mol. The third kappa shape index (κ3) is 6.91. The van der Waals surface area contributed by atoms with Gasteiger partial charge < -0.3 is 20.1 Å². The molecule has 3 amide bonds. The van der Waals surface area contributed by atoms with Gasteiger partial charge in [-0.1, -0.05) is 18.2 Å². The normalized spacial score (nSPS) is 12.8. The van der Waals surface area contributed by atoms with Crippen molar-refractivity contribution in [1.29, 1.82) is 0 Å². The molecule has 9 nitrogen and oxygen atoms in total. The zero-order valence-corrected chi connectivity index (χ0v) is 20.7. The maximum absolute atomic E-state index is 12.4. The molecule has 1 fully saturated rings. The summed E-state index contributed by atoms with van der Waals surface area (Å²) < 4.78 is 11.8. The minimum Gasteiger partial charge on any atom is -0.493 e. The number of amides is 3. The Hall–Kier alpha value is -3.15. The van der Waals surface area contributed by atoms with E-state index in [1.54, 1.807) is 12.1 Å². The molecule has 2 aromatic rings. The largest absolute Gasteiger partial charge is 0.493 e. The summed E-state index contributed by atoms with van der Waals surface area (Å²) in [6, 6.07) is 9.29. The number of nitrogens with zero attached hydrogens (tertiary/aromatic N) is 1. The number of aryl methyl sites for hydroxylation is 2. The van der Waals surface area contributed by atoms with Gasteiger partial charge >= 0.3 is 11.8 Å². The van der Waals surface area contributed by atoms with Crippen molar-refractivity contribution >= 4 is 52.2 Å². The quantitative estimate of drug-likeness (QED) is 0.197. The van der Waals surface area contributed by atoms with Crippen LogP contribution in [-0.2, 0) is 14.4 Å². The number of methoxy groups -OCH3 is 1. The number of rotatable bonds is 8. The van der Waals surface area contributed by atoms with Gasteiger partial charge in [-0.25, -0.2) is 5.43 Å². The van der Waals surface area contributed by atoms with Crippen molar-refractivity contribution < 1.29 is 23.9 Å². The lowest BCUT2D eigenvalue weighted by atomic mass is 10.1. The second-order valence-corrected chi connectivity index (χ2v) is 8.75. The molecule has 10 heteroatoms. The van der Waals surface area contributed by atoms with E-state index in [1.807, 2.05) is 32.0 Å². The summed E-state index contributed by atoms with van der Waals surface area (Å²) in [5, 5.41) is 9.29. The molecule has 174 valence electrons. The van der Waals surface area contributed by atoms with Crippen LogP contribution in [0.3, 0.4) is 0 Å². The molecule has 0 spiro atoms. The second-order valence-electron chi connectivity index (χ2n) is 7.58. The first kappa shape index (κ1) is 24.5. The van der Waals surface area contributed by atoms with Gasteiger partial charge in [-0.15, -0.1) is 0 Å². The summed E-state index contributed by atoms with van der Waals surface area (Å²) in [4.78, 5) is 35.8. The highest BCUT2D eigenvalue weighted by Gasteiger charge is 2.26. The maximum atomic E-state index is 12.4. The first-order chi connectivity index (χ1) is 15.8. The SMILES string of the molecule is COc1cc(/C=N\NC(=O)C(=O)NC2CC2)cc(I)c1OCC(=O)Nc1c(C)cccc1C. The molecule has 1 saturated carbocycles. The van der Waals surface area contributed by atoms with Crippen LogP contribution in [0, 0.1) is 17.4 Å². The number of nitrogens with one attached hydrogen (secondary N) is 3. The van der Waals surface area contributed by atoms with E-state index >= 15 is 0 Å². The number of halogens is 1. The van der Waals surface area contributed by atoms with Gasteiger partial charge in [-0.05, 0) is 78.1 Å². The second kappa shape index (κ2) is 11.1. The van der Waals surface area contributed by atoms with Crippen LogP contribution < -0.4 is 25.5 Å². The van der Waals surface area contributed by atoms with E-state index in [0.29, 0.717) is 20.6 Å². The predicted molar refractivity (Wildman–Crippen MR) is 133 cm³/mol. The molecule has 0 unspecified atom stereocenters. The summed E-state index contributed by atoms with van der Waals surface area (Å²) in [5.41, 5.74) is 5.52. The standard InChI is InChI=1S/C23H25IN4O5/c1-13-5-4-6-14(2)20(13)27-19(29)12-33-21-17(24)9-15(10-18(21)32-3)11-25-28-23(31)22(30)26-16-7-8-16/h4-6,9-11,16H,7-8,12H2,1-3H3,(H,26,30)(H,27,29)(H,28,31)/b25-11-. The number of benzene rings is 2. The van der Waals surface area contributed by atoms with E-state index in [2.05, 4.69) is 43.8 Å². The van der Waals surface area contributed by atoms with E-state index in [4.69, 9.17) is 9.47 Å². The summed E-state index contributed by atoms with van der Waals surface area (Å²) in [5.74, 6) is -0.997. The summed E-state index contributed by atoms with van der Waals surface area (Å²) in [6.07, 6.45) is 3.18. The number of hydrogen-bond acceptors (Lipinski definition) is 6. The highest BCUT2D eigenvalue weighted by atomic mass is 127. The van der Waals surface area contributed by atoms with E-state index < -0.39 is 11.8 Å². The van der Waals surface area contributed by atoms with Gasteiger partial charge in [0, 0.05) is 11.7 Å². The lowest BCUT2D eigenvalue weighted by Gasteiger charge is -2.15. The Balaban J connectivity index is 1.60. The highest BCUT2D eigenvalue weighted by molar-refractivity contribution is 14.1. The summed E-state index contributed by atoms with van der Waals surface area (Å²) >= 11 is 2.06. The molecule has 0 aromatic heterocycles. The zero-order valence-electron chi connectivity index (χ0n) is 18.5. The monoisotopic (exact) mass is 564 g/mol. The van der Waals surface area contributed by atoms with Crippen LogP contribution in [-0.4, -0.2) is 43.7 Å². The van der Waals surface area contributed by atoms with Gasteiger partial charge in [-0.3, -0.25) is 14.4 Å². The molecule has 0 saturated heterocycles. The Labute approximate surface area is 205 Å². The summed E-state index contributed by atoms with van der Waals surface area (Å²) in [6.45, 7) is 3.66. The molecule has 0 heterocycles. The molecule has 33 heavy (non-hydrogen) atoms. The molecule has 0 radical (unpaired) electrons. The van der Waals surface area contributed by atoms with Crippen LogP contribution in [0.25, 0.3) is 0 Å². The fraction of sp³-hybridized carbons (Fsp3) is 0.304. The average molecular weight is 564 g/mol. The third-order valence-corrected chi connectivity index (χ3v) is 5.64. The van der Waals surface area contributed by atoms with Crippen LogP contribution in [0.5, 0.6) is 11.5 Å². The van der Waals surface area contributed by atoms with Crippen molar-refractivity contribution in [2.45, 2.75) is 32.7 Å². The van der Waals surface area contributed by atoms with Gasteiger partial charge in [0.25, 0.3) is 5.91 Å². The van der Waals surface area contributed by atoms with Crippen LogP contribution in [0.1, 0.15) is 29.5 Å². The van der Waals surface area contributed by atoms with Crippen molar-refractivity contribution in [2.75, 3.05) is 19.0 Å². The molecule has 2 aromatic carbocycles. The number of hydrogen-bond donors (Lipinski definition) is 3. The van der Waals surface area contributed by atoms with Gasteiger partial charge in [-0.2, -0.15) is 5.10 Å². The lowest BCUT2D eigenvalue weighted by Crippen LogP contribution is -2.38. The number of hydrazone groups is 1. The topological polar surface area (TPSA) is 118 Å². The molecule has 1 aliphatic carbocycles. The molecule has 3 rings (SSSR count). The molecular formula is C23H25IN4O5. The number of carbonyl (C=O) groups excluding carboxylic acids is 3. The van der Waals surface area contributed by atoms with E-state index in [-0.39, 0.29) is 18.6 Å². The van der Waals surface area contributed by atoms with Crippen molar-refractivity contribution in [3.8, 4) is 11.5 Å². The fourth-order valence-corrected chi connectivity index (χ4v) is 3.76. The molecule has 3 N–H and O–H groups in total. The molecule has 1 aliphatic rings. The smallest absolute Gasteiger partial charge is 0.329 e. The number of anilines is 1. The van der Waals surface area contributed by atoms with E-state index in [9.17, 15) is 14.4 Å². The Morgan fingerprint density at radius 2 is 1.85 bits per heavy atom. The Bertz CT molecular complexity index is 1080. The fourth-order valence-electron chi connectivity index (χ4n) is 2.97. The Kier molecular flexibility index (Phi) is 8.26. The van der Waals surface area contributed by atoms with Gasteiger partial charge in [0.05, 0.1) is 16.9 Å². The maximum Gasteiger partial charge on any atom is 0.329 e. The minimum atomic E-state index is -0.824. The molecule has 0 bridgehead atoms. The number of para-hydroxylation sites is 1. The Morgan fingerprint density at radius 1 is 1.15 bits per heavy atom. The Morgan fingerprint density at radius 3 is 2.48 bits per heavy atom. The molecule has 0 aliphatic heterocycles. The predicted octanol–water partition coefficient (Wildman–Crippen LogP) is 2.66. The van der Waals surface area contributed by atoms with Gasteiger partial charge in [0.1, 0.15) is 0 Å². The lowest BCUT2D eigenvalue weighted by molar-refractivity contribution is -0.139. The first-order valence-electron chi connectivity index (χ1n) is 10.3. The summed E-state index contributed by atoms with van der Waals surface area (Å²) in [7, 11) is 1.49. The third-order valence-electron chi connectivity index (χ3n) is 4.84. The van der Waals surface area contributed by atoms with Crippen molar-refractivity contribution in [1.82, 2.24) is 10.7 Å². The van der Waals surface area contributed by atoms with Gasteiger partial charge in [0.2, 0.25) is 0 Å². The average Bonchev–Trinajstić information content (AvgIpc) is 3.59. The van der Waals surface area contributed by atoms with Crippen molar-refractivity contribution in [3.05, 3.63) is 50.6 Å². The van der Waals surface area contributed by atoms with Crippen LogP contribution >= 0.6 is 22.6 Å². The van der Waals surface area contributed by atoms with Crippen LogP contribution in [0.15, 0.2) is 35.4 Å². The number of carbonyl (C=O) groups is 3. The zero-order chi connectivity index (χ0) is 24.0. The van der Waals surface area contributed by atoms with Gasteiger partial charge in [0.15, 0.2) is 18.1 Å². The van der Waals surface area contributed by atoms with E-state index in [0.717, 1.165) is 29.7 Å². The van der Waals surface area contributed by atoms with Crippen LogP contribution in [0.4, 0.5) is 5.69 Å². The molecule has 0 atom stereocenters. The highest BCUT2D eigenvalue weighted by Crippen LogP contribution is 2.33. The van der Waals surface area contributed by atoms with Crippen molar-refractivity contribution in [3.63, 3.8) is 0 Å².